The Hall–Kier alpha value is -1.36. The molecular formula is C12H12BrFO3. The van der Waals surface area contributed by atoms with Crippen LogP contribution in [-0.4, -0.2) is 20.2 Å². The molecule has 0 unspecified atom stereocenters. The molecule has 0 aromatic heterocycles. The Morgan fingerprint density at radius 2 is 2.18 bits per heavy atom. The number of rotatable bonds is 4. The Morgan fingerprint density at radius 3 is 2.71 bits per heavy atom. The third-order valence-electron chi connectivity index (χ3n) is 2.18. The number of methoxy groups -OCH3 is 2. The van der Waals surface area contributed by atoms with E-state index in [1.54, 1.807) is 6.07 Å². The first-order valence-electron chi connectivity index (χ1n) is 4.80. The lowest BCUT2D eigenvalue weighted by molar-refractivity contribution is -0.133. The summed E-state index contributed by atoms with van der Waals surface area (Å²) in [4.78, 5) is 11.6. The van der Waals surface area contributed by atoms with E-state index >= 15 is 0 Å². The Labute approximate surface area is 107 Å². The fraction of sp³-hybridized carbons (Fsp3) is 0.250. The van der Waals surface area contributed by atoms with Crippen LogP contribution in [0.4, 0.5) is 4.39 Å². The average molecular weight is 303 g/mol. The summed E-state index contributed by atoms with van der Waals surface area (Å²) in [7, 11) is 2.68. The van der Waals surface area contributed by atoms with Gasteiger partial charge < -0.3 is 9.47 Å². The second-order valence-electron chi connectivity index (χ2n) is 3.16. The van der Waals surface area contributed by atoms with Crippen LogP contribution in [-0.2, 0) is 19.6 Å². The van der Waals surface area contributed by atoms with Gasteiger partial charge in [0.1, 0.15) is 11.4 Å². The molecule has 3 nitrogen and oxygen atoms in total. The zero-order chi connectivity index (χ0) is 12.8. The van der Waals surface area contributed by atoms with Gasteiger partial charge >= 0.3 is 5.97 Å². The number of esters is 1. The molecule has 0 amide bonds. The largest absolute Gasteiger partial charge is 0.503 e. The molecule has 0 atom stereocenters. The van der Waals surface area contributed by atoms with E-state index in [4.69, 9.17) is 4.74 Å². The van der Waals surface area contributed by atoms with Crippen molar-refractivity contribution in [1.82, 2.24) is 0 Å². The summed E-state index contributed by atoms with van der Waals surface area (Å²) in [5.41, 5.74) is 1.03. The lowest BCUT2D eigenvalue weighted by Gasteiger charge is -2.10. The van der Waals surface area contributed by atoms with Gasteiger partial charge in [-0.2, -0.15) is 0 Å². The molecule has 0 saturated heterocycles. The molecule has 0 spiro atoms. The smallest absolute Gasteiger partial charge is 0.341 e. The van der Waals surface area contributed by atoms with Crippen molar-refractivity contribution >= 4 is 27.5 Å². The van der Waals surface area contributed by atoms with Gasteiger partial charge in [0, 0.05) is 10.9 Å². The second kappa shape index (κ2) is 6.39. The number of halogens is 2. The normalized spacial score (nSPS) is 11.2. The van der Waals surface area contributed by atoms with E-state index in [0.717, 1.165) is 0 Å². The molecule has 92 valence electrons. The van der Waals surface area contributed by atoms with Crippen LogP contribution in [0.25, 0.3) is 5.57 Å². The van der Waals surface area contributed by atoms with Crippen molar-refractivity contribution in [2.45, 2.75) is 5.33 Å². The van der Waals surface area contributed by atoms with Gasteiger partial charge in [-0.1, -0.05) is 28.1 Å². The summed E-state index contributed by atoms with van der Waals surface area (Å²) in [6.45, 7) is 0. The summed E-state index contributed by atoms with van der Waals surface area (Å²) in [5, 5.41) is 0.299. The molecule has 0 fully saturated rings. The zero-order valence-electron chi connectivity index (χ0n) is 9.50. The maximum Gasteiger partial charge on any atom is 0.341 e. The van der Waals surface area contributed by atoms with Crippen LogP contribution < -0.4 is 0 Å². The van der Waals surface area contributed by atoms with E-state index in [1.165, 1.54) is 32.6 Å². The van der Waals surface area contributed by atoms with Crippen LogP contribution in [0.1, 0.15) is 11.1 Å². The summed E-state index contributed by atoms with van der Waals surface area (Å²) in [6, 6.07) is 4.51. The minimum Gasteiger partial charge on any atom is -0.503 e. The molecule has 17 heavy (non-hydrogen) atoms. The molecule has 0 aliphatic rings. The predicted molar refractivity (Wildman–Crippen MR) is 66.0 cm³/mol. The highest BCUT2D eigenvalue weighted by molar-refractivity contribution is 9.08. The van der Waals surface area contributed by atoms with E-state index in [0.29, 0.717) is 16.5 Å². The van der Waals surface area contributed by atoms with Crippen molar-refractivity contribution in [3.63, 3.8) is 0 Å². The molecule has 5 heteroatoms. The van der Waals surface area contributed by atoms with Crippen LogP contribution in [0.5, 0.6) is 0 Å². The Bertz CT molecular complexity index is 443. The van der Waals surface area contributed by atoms with E-state index in [9.17, 15) is 9.18 Å². The number of hydrogen-bond donors (Lipinski definition) is 0. The molecular weight excluding hydrogens is 291 g/mol. The fourth-order valence-corrected chi connectivity index (χ4v) is 1.97. The summed E-state index contributed by atoms with van der Waals surface area (Å²) in [5.74, 6) is -0.954. The van der Waals surface area contributed by atoms with Crippen molar-refractivity contribution in [3.05, 3.63) is 41.4 Å². The average Bonchev–Trinajstić information content (AvgIpc) is 2.34. The fourth-order valence-electron chi connectivity index (χ4n) is 1.40. The summed E-state index contributed by atoms with van der Waals surface area (Å²) < 4.78 is 23.0. The molecule has 0 radical (unpaired) electrons. The lowest BCUT2D eigenvalue weighted by atomic mass is 10.0. The van der Waals surface area contributed by atoms with E-state index < -0.39 is 5.97 Å². The van der Waals surface area contributed by atoms with Crippen molar-refractivity contribution in [1.29, 1.82) is 0 Å². The predicted octanol–water partition coefficient (Wildman–Crippen LogP) is 2.88. The molecule has 0 aliphatic heterocycles. The number of ether oxygens (including phenoxy) is 2. The molecule has 0 aliphatic carbocycles. The maximum atomic E-state index is 13.6. The highest BCUT2D eigenvalue weighted by atomic mass is 79.9. The molecule has 1 rings (SSSR count). The molecule has 1 aromatic rings. The van der Waals surface area contributed by atoms with Crippen LogP contribution in [0.15, 0.2) is 24.5 Å². The quantitative estimate of drug-likeness (QED) is 0.371. The van der Waals surface area contributed by atoms with Crippen molar-refractivity contribution in [3.8, 4) is 0 Å². The van der Waals surface area contributed by atoms with Gasteiger partial charge in [0.15, 0.2) is 0 Å². The minimum absolute atomic E-state index is 0.184. The Morgan fingerprint density at radius 1 is 1.47 bits per heavy atom. The third kappa shape index (κ3) is 3.06. The van der Waals surface area contributed by atoms with Gasteiger partial charge in [-0.05, 0) is 11.6 Å². The monoisotopic (exact) mass is 302 g/mol. The van der Waals surface area contributed by atoms with Crippen LogP contribution in [0.3, 0.4) is 0 Å². The summed E-state index contributed by atoms with van der Waals surface area (Å²) in [6.07, 6.45) is 1.24. The number of benzene rings is 1. The number of alkyl halides is 1. The minimum atomic E-state index is -0.570. The molecule has 0 bridgehead atoms. The lowest BCUT2D eigenvalue weighted by Crippen LogP contribution is -2.07. The molecule has 0 heterocycles. The van der Waals surface area contributed by atoms with Gasteiger partial charge in [0.2, 0.25) is 0 Å². The molecule has 0 saturated carbocycles. The zero-order valence-corrected chi connectivity index (χ0v) is 11.1. The first-order valence-corrected chi connectivity index (χ1v) is 5.92. The van der Waals surface area contributed by atoms with Gasteiger partial charge in [-0.3, -0.25) is 0 Å². The Kier molecular flexibility index (Phi) is 5.15. The van der Waals surface area contributed by atoms with Crippen molar-refractivity contribution < 1.29 is 18.7 Å². The highest BCUT2D eigenvalue weighted by Gasteiger charge is 2.18. The Balaban J connectivity index is 3.33. The van der Waals surface area contributed by atoms with E-state index in [1.807, 2.05) is 0 Å². The van der Waals surface area contributed by atoms with Crippen molar-refractivity contribution in [2.75, 3.05) is 14.2 Å². The highest BCUT2D eigenvalue weighted by Crippen LogP contribution is 2.25. The van der Waals surface area contributed by atoms with E-state index in [-0.39, 0.29) is 11.4 Å². The third-order valence-corrected chi connectivity index (χ3v) is 2.74. The summed E-state index contributed by atoms with van der Waals surface area (Å²) >= 11 is 3.19. The van der Waals surface area contributed by atoms with Crippen molar-refractivity contribution in [2.24, 2.45) is 0 Å². The van der Waals surface area contributed by atoms with Gasteiger partial charge in [-0.25, -0.2) is 9.18 Å². The van der Waals surface area contributed by atoms with Crippen LogP contribution in [0.2, 0.25) is 0 Å². The number of carbonyl (C=O) groups is 1. The maximum absolute atomic E-state index is 13.6. The van der Waals surface area contributed by atoms with Crippen LogP contribution >= 0.6 is 15.9 Å². The van der Waals surface area contributed by atoms with E-state index in [2.05, 4.69) is 20.7 Å². The standard InChI is InChI=1S/C12H12BrFO3/c1-16-7-10(12(15)17-2)8-4-3-5-11(14)9(8)6-13/h3-5,7H,6H2,1-2H3/b10-7+. The SMILES string of the molecule is CO/C=C(/C(=O)OC)c1cccc(F)c1CBr. The molecule has 0 N–H and O–H groups in total. The molecule has 1 aromatic carbocycles. The first kappa shape index (κ1) is 13.7. The topological polar surface area (TPSA) is 35.5 Å². The van der Waals surface area contributed by atoms with Crippen LogP contribution in [0, 0.1) is 5.82 Å². The van der Waals surface area contributed by atoms with Gasteiger partial charge in [0.05, 0.1) is 20.5 Å². The number of carbonyl (C=O) groups excluding carboxylic acids is 1. The van der Waals surface area contributed by atoms with Gasteiger partial charge in [-0.15, -0.1) is 0 Å². The second-order valence-corrected chi connectivity index (χ2v) is 3.72. The first-order chi connectivity index (χ1) is 8.15. The van der Waals surface area contributed by atoms with Gasteiger partial charge in [0.25, 0.3) is 0 Å². The number of hydrogen-bond acceptors (Lipinski definition) is 3.